The normalized spacial score (nSPS) is 17.3. The number of methoxy groups -OCH3 is 1. The van der Waals surface area contributed by atoms with Gasteiger partial charge in [0.25, 0.3) is 0 Å². The Labute approximate surface area is 227 Å². The summed E-state index contributed by atoms with van der Waals surface area (Å²) in [6.07, 6.45) is 2.47. The number of esters is 1. The van der Waals surface area contributed by atoms with Crippen molar-refractivity contribution in [3.8, 4) is 11.5 Å². The van der Waals surface area contributed by atoms with E-state index >= 15 is 0 Å². The van der Waals surface area contributed by atoms with E-state index in [0.717, 1.165) is 52.1 Å². The number of aromatic amines is 1. The second kappa shape index (κ2) is 12.1. The molecule has 39 heavy (non-hydrogen) atoms. The van der Waals surface area contributed by atoms with Crippen molar-refractivity contribution in [2.45, 2.75) is 43.8 Å². The van der Waals surface area contributed by atoms with Crippen molar-refractivity contribution in [3.05, 3.63) is 95.7 Å². The van der Waals surface area contributed by atoms with Gasteiger partial charge in [-0.2, -0.15) is 0 Å². The zero-order valence-electron chi connectivity index (χ0n) is 22.0. The highest BCUT2D eigenvalue weighted by Gasteiger charge is 2.35. The van der Waals surface area contributed by atoms with Gasteiger partial charge >= 0.3 is 5.97 Å². The van der Waals surface area contributed by atoms with Crippen LogP contribution in [0.15, 0.2) is 78.9 Å². The number of rotatable bonds is 10. The van der Waals surface area contributed by atoms with E-state index in [2.05, 4.69) is 21.7 Å². The summed E-state index contributed by atoms with van der Waals surface area (Å²) < 4.78 is 10.9. The lowest BCUT2D eigenvalue weighted by Gasteiger charge is -2.32. The first kappa shape index (κ1) is 26.5. The molecule has 3 aromatic carbocycles. The number of carbonyl (C=O) groups is 2. The number of carbonyl (C=O) groups excluding carboxylic acids is 2. The smallest absolute Gasteiger partial charge is 0.328 e. The van der Waals surface area contributed by atoms with Crippen LogP contribution in [-0.2, 0) is 20.7 Å². The molecular weight excluding hydrogens is 492 g/mol. The Morgan fingerprint density at radius 1 is 0.974 bits per heavy atom. The molecular formula is C31H34N4O4. The maximum atomic E-state index is 13.5. The Morgan fingerprint density at radius 3 is 2.44 bits per heavy atom. The van der Waals surface area contributed by atoms with Gasteiger partial charge in [-0.25, -0.2) is 4.79 Å². The number of nitrogens with two attached hydrogens (primary N) is 1. The minimum atomic E-state index is -0.715. The van der Waals surface area contributed by atoms with Crippen molar-refractivity contribution in [2.75, 3.05) is 13.7 Å². The molecule has 3 unspecified atom stereocenters. The number of amides is 1. The molecule has 5 N–H and O–H groups in total. The Bertz CT molecular complexity index is 1420. The molecule has 8 heteroatoms. The van der Waals surface area contributed by atoms with Gasteiger partial charge in [0.15, 0.2) is 0 Å². The van der Waals surface area contributed by atoms with Gasteiger partial charge in [0, 0.05) is 16.6 Å². The zero-order chi connectivity index (χ0) is 27.2. The third-order valence-electron chi connectivity index (χ3n) is 7.17. The summed E-state index contributed by atoms with van der Waals surface area (Å²) in [5.41, 5.74) is 9.76. The molecule has 0 bridgehead atoms. The number of hydrogen-bond acceptors (Lipinski definition) is 6. The van der Waals surface area contributed by atoms with E-state index in [4.69, 9.17) is 15.2 Å². The van der Waals surface area contributed by atoms with E-state index in [-0.39, 0.29) is 11.9 Å². The van der Waals surface area contributed by atoms with E-state index in [0.29, 0.717) is 19.4 Å². The molecule has 2 heterocycles. The number of nitrogens with one attached hydrogen (secondary N) is 3. The lowest BCUT2D eigenvalue weighted by atomic mass is 9.90. The molecule has 8 nitrogen and oxygen atoms in total. The predicted octanol–water partition coefficient (Wildman–Crippen LogP) is 4.35. The molecule has 0 radical (unpaired) electrons. The van der Waals surface area contributed by atoms with E-state index in [9.17, 15) is 9.59 Å². The summed E-state index contributed by atoms with van der Waals surface area (Å²) in [7, 11) is 1.34. The first-order valence-electron chi connectivity index (χ1n) is 13.3. The predicted molar refractivity (Wildman–Crippen MR) is 151 cm³/mol. The molecule has 1 aliphatic heterocycles. The second-order valence-electron chi connectivity index (χ2n) is 9.77. The first-order valence-corrected chi connectivity index (χ1v) is 13.3. The number of fused-ring (bicyclic) bond motifs is 3. The summed E-state index contributed by atoms with van der Waals surface area (Å²) in [5.74, 6) is 0.810. The van der Waals surface area contributed by atoms with Crippen LogP contribution in [0.25, 0.3) is 10.9 Å². The summed E-state index contributed by atoms with van der Waals surface area (Å²) in [6.45, 7) is 0.534. The van der Waals surface area contributed by atoms with Gasteiger partial charge < -0.3 is 25.5 Å². The van der Waals surface area contributed by atoms with Crippen molar-refractivity contribution in [3.63, 3.8) is 0 Å². The molecule has 0 spiro atoms. The van der Waals surface area contributed by atoms with Crippen molar-refractivity contribution >= 4 is 22.8 Å². The number of hydrogen-bond donors (Lipinski definition) is 4. The van der Waals surface area contributed by atoms with Crippen molar-refractivity contribution in [2.24, 2.45) is 5.73 Å². The van der Waals surface area contributed by atoms with Gasteiger partial charge in [0.05, 0.1) is 19.2 Å². The molecule has 0 saturated heterocycles. The van der Waals surface area contributed by atoms with Crippen LogP contribution in [0.5, 0.6) is 11.5 Å². The molecule has 0 aliphatic carbocycles. The summed E-state index contributed by atoms with van der Waals surface area (Å²) in [6, 6.07) is 24.1. The van der Waals surface area contributed by atoms with Crippen LogP contribution in [0.3, 0.4) is 0 Å². The van der Waals surface area contributed by atoms with Gasteiger partial charge in [-0.15, -0.1) is 0 Å². The molecule has 4 aromatic rings. The van der Waals surface area contributed by atoms with Crippen LogP contribution in [0.2, 0.25) is 0 Å². The Hall–Kier alpha value is -4.14. The first-order chi connectivity index (χ1) is 19.1. The Morgan fingerprint density at radius 2 is 1.69 bits per heavy atom. The standard InChI is InChI=1S/C31H34N4O4/c1-38-31(37)26(13-7-8-18-32)35-30(36)27-19-24-23-11-5-6-12-25(23)33-29(24)28(34-27)20-14-16-22(17-15-20)39-21-9-3-2-4-10-21/h2-6,9-12,14-17,26-28,33-34H,7-8,13,18-19,32H2,1H3,(H,35,36). The summed E-state index contributed by atoms with van der Waals surface area (Å²) >= 11 is 0. The van der Waals surface area contributed by atoms with E-state index in [1.165, 1.54) is 7.11 Å². The monoisotopic (exact) mass is 526 g/mol. The third kappa shape index (κ3) is 5.97. The largest absolute Gasteiger partial charge is 0.467 e. The molecule has 1 aromatic heterocycles. The number of H-pyrrole nitrogens is 1. The number of unbranched alkanes of at least 4 members (excludes halogenated alkanes) is 1. The number of para-hydroxylation sites is 2. The molecule has 5 rings (SSSR count). The lowest BCUT2D eigenvalue weighted by Crippen LogP contribution is -2.53. The summed E-state index contributed by atoms with van der Waals surface area (Å²) in [5, 5.41) is 7.55. The van der Waals surface area contributed by atoms with Crippen LogP contribution >= 0.6 is 0 Å². The maximum absolute atomic E-state index is 13.5. The Kier molecular flexibility index (Phi) is 8.24. The quantitative estimate of drug-likeness (QED) is 0.180. The van der Waals surface area contributed by atoms with E-state index < -0.39 is 18.1 Å². The molecule has 0 fully saturated rings. The minimum absolute atomic E-state index is 0.233. The molecule has 202 valence electrons. The fourth-order valence-electron chi connectivity index (χ4n) is 5.18. The average Bonchev–Trinajstić information content (AvgIpc) is 3.35. The highest BCUT2D eigenvalue weighted by Crippen LogP contribution is 2.36. The van der Waals surface area contributed by atoms with E-state index in [1.54, 1.807) is 0 Å². The average molecular weight is 527 g/mol. The number of aromatic nitrogens is 1. The lowest BCUT2D eigenvalue weighted by molar-refractivity contribution is -0.145. The minimum Gasteiger partial charge on any atom is -0.467 e. The van der Waals surface area contributed by atoms with Crippen LogP contribution in [0.4, 0.5) is 0 Å². The highest BCUT2D eigenvalue weighted by molar-refractivity contribution is 5.90. The third-order valence-corrected chi connectivity index (χ3v) is 7.17. The molecule has 3 atom stereocenters. The SMILES string of the molecule is COC(=O)C(CCCCN)NC(=O)C1Cc2c([nH]c3ccccc23)C(c2ccc(Oc3ccccc3)cc2)N1. The van der Waals surface area contributed by atoms with Gasteiger partial charge in [0.1, 0.15) is 17.5 Å². The topological polar surface area (TPSA) is 118 Å². The van der Waals surface area contributed by atoms with Crippen molar-refractivity contribution in [1.82, 2.24) is 15.6 Å². The highest BCUT2D eigenvalue weighted by atomic mass is 16.5. The van der Waals surface area contributed by atoms with Gasteiger partial charge in [-0.3, -0.25) is 10.1 Å². The maximum Gasteiger partial charge on any atom is 0.328 e. The second-order valence-corrected chi connectivity index (χ2v) is 9.77. The zero-order valence-corrected chi connectivity index (χ0v) is 22.0. The van der Waals surface area contributed by atoms with Crippen molar-refractivity contribution in [1.29, 1.82) is 0 Å². The number of benzene rings is 3. The molecule has 1 amide bonds. The fraction of sp³-hybridized carbons (Fsp3) is 0.290. The van der Waals surface area contributed by atoms with Crippen LogP contribution < -0.4 is 21.1 Å². The van der Waals surface area contributed by atoms with Gasteiger partial charge in [0.2, 0.25) is 5.91 Å². The Balaban J connectivity index is 1.41. The molecule has 1 aliphatic rings. The van der Waals surface area contributed by atoms with E-state index in [1.807, 2.05) is 72.8 Å². The van der Waals surface area contributed by atoms with Gasteiger partial charge in [-0.05, 0) is 73.7 Å². The van der Waals surface area contributed by atoms with Crippen LogP contribution in [0, 0.1) is 0 Å². The van der Waals surface area contributed by atoms with Crippen molar-refractivity contribution < 1.29 is 19.1 Å². The summed E-state index contributed by atoms with van der Waals surface area (Å²) in [4.78, 5) is 29.5. The van der Waals surface area contributed by atoms with Crippen LogP contribution in [-0.4, -0.2) is 42.6 Å². The van der Waals surface area contributed by atoms with Gasteiger partial charge in [-0.1, -0.05) is 48.5 Å². The molecule has 0 saturated carbocycles. The van der Waals surface area contributed by atoms with Crippen LogP contribution in [0.1, 0.15) is 42.1 Å². The number of ether oxygens (including phenoxy) is 2. The fourth-order valence-corrected chi connectivity index (χ4v) is 5.18.